The number of nitrogens with zero attached hydrogens (tertiary/aromatic N) is 2. The van der Waals surface area contributed by atoms with E-state index in [0.29, 0.717) is 64.2 Å². The molecule has 268 valence electrons. The van der Waals surface area contributed by atoms with Crippen LogP contribution in [-0.2, 0) is 30.4 Å². The lowest BCUT2D eigenvalue weighted by atomic mass is 9.86. The van der Waals surface area contributed by atoms with Crippen molar-refractivity contribution in [2.24, 2.45) is 40.9 Å². The molecule has 48 heavy (non-hydrogen) atoms. The SMILES string of the molecule is CC(C)C[C@@H](NC(=O)[C@H](CC(=O)N(CCN)CC1CC1)Cc1ccccc1)C(=O)C[C@H](CCCCN)C(=O)N1CCC(N)(C(=O)O)CC1. The molecule has 3 atom stereocenters. The summed E-state index contributed by atoms with van der Waals surface area (Å²) in [6, 6.07) is 8.70. The Morgan fingerprint density at radius 3 is 2.21 bits per heavy atom. The maximum absolute atomic E-state index is 14.0. The number of piperidine rings is 1. The Kier molecular flexibility index (Phi) is 15.5. The Balaban J connectivity index is 1.77. The number of carboxylic acids is 1. The first-order valence-electron chi connectivity index (χ1n) is 17.7. The number of amides is 3. The molecule has 8 N–H and O–H groups in total. The largest absolute Gasteiger partial charge is 0.480 e. The molecule has 12 heteroatoms. The Hall–Kier alpha value is -3.35. The van der Waals surface area contributed by atoms with Crippen molar-refractivity contribution in [3.05, 3.63) is 35.9 Å². The van der Waals surface area contributed by atoms with Gasteiger partial charge in [0.05, 0.1) is 12.0 Å². The number of ketones is 1. The fraction of sp³-hybridized carbons (Fsp3) is 0.694. The minimum atomic E-state index is -1.37. The second kappa shape index (κ2) is 19.0. The van der Waals surface area contributed by atoms with Gasteiger partial charge in [-0.25, -0.2) is 0 Å². The van der Waals surface area contributed by atoms with Crippen molar-refractivity contribution in [1.82, 2.24) is 15.1 Å². The quantitative estimate of drug-likeness (QED) is 0.121. The predicted molar refractivity (Wildman–Crippen MR) is 184 cm³/mol. The molecule has 0 bridgehead atoms. The molecule has 2 aliphatic rings. The number of likely N-dealkylation sites (tertiary alicyclic amines) is 1. The summed E-state index contributed by atoms with van der Waals surface area (Å²) in [6.45, 7) is 6.22. The Morgan fingerprint density at radius 2 is 1.65 bits per heavy atom. The van der Waals surface area contributed by atoms with Crippen LogP contribution in [0, 0.1) is 23.7 Å². The van der Waals surface area contributed by atoms with Gasteiger partial charge in [0.2, 0.25) is 17.7 Å². The highest BCUT2D eigenvalue weighted by Gasteiger charge is 2.40. The second-order valence-corrected chi connectivity index (χ2v) is 14.3. The fourth-order valence-electron chi connectivity index (χ4n) is 6.44. The third kappa shape index (κ3) is 12.3. The number of unbranched alkanes of at least 4 members (excludes halogenated alkanes) is 1. The van der Waals surface area contributed by atoms with Gasteiger partial charge >= 0.3 is 5.97 Å². The van der Waals surface area contributed by atoms with Crippen molar-refractivity contribution in [2.45, 2.75) is 96.1 Å². The fourth-order valence-corrected chi connectivity index (χ4v) is 6.44. The summed E-state index contributed by atoms with van der Waals surface area (Å²) in [5.74, 6) is -2.76. The molecule has 1 saturated carbocycles. The molecular formula is C36H58N6O6. The zero-order valence-corrected chi connectivity index (χ0v) is 28.9. The molecule has 1 aromatic rings. The summed E-state index contributed by atoms with van der Waals surface area (Å²) in [6.07, 6.45) is 4.94. The number of carboxylic acid groups (broad SMARTS) is 1. The second-order valence-electron chi connectivity index (χ2n) is 14.3. The molecule has 3 rings (SSSR count). The number of benzene rings is 1. The molecule has 1 aromatic carbocycles. The molecule has 0 unspecified atom stereocenters. The minimum absolute atomic E-state index is 0.00414. The van der Waals surface area contributed by atoms with Gasteiger partial charge in [-0.2, -0.15) is 0 Å². The van der Waals surface area contributed by atoms with E-state index in [4.69, 9.17) is 17.2 Å². The minimum Gasteiger partial charge on any atom is -0.480 e. The first-order valence-corrected chi connectivity index (χ1v) is 17.7. The molecular weight excluding hydrogens is 612 g/mol. The summed E-state index contributed by atoms with van der Waals surface area (Å²) >= 11 is 0. The lowest BCUT2D eigenvalue weighted by Gasteiger charge is -2.38. The van der Waals surface area contributed by atoms with Crippen molar-refractivity contribution in [3.8, 4) is 0 Å². The Bertz CT molecular complexity index is 1210. The van der Waals surface area contributed by atoms with E-state index in [2.05, 4.69) is 5.32 Å². The van der Waals surface area contributed by atoms with E-state index in [1.165, 1.54) is 0 Å². The van der Waals surface area contributed by atoms with Crippen LogP contribution in [0.3, 0.4) is 0 Å². The summed E-state index contributed by atoms with van der Waals surface area (Å²) in [7, 11) is 0. The van der Waals surface area contributed by atoms with E-state index in [-0.39, 0.29) is 68.2 Å². The van der Waals surface area contributed by atoms with Crippen LogP contribution in [0.2, 0.25) is 0 Å². The lowest BCUT2D eigenvalue weighted by Crippen LogP contribution is -2.57. The third-order valence-electron chi connectivity index (χ3n) is 9.65. The van der Waals surface area contributed by atoms with Crippen LogP contribution < -0.4 is 22.5 Å². The average molecular weight is 671 g/mol. The van der Waals surface area contributed by atoms with Crippen LogP contribution in [0.1, 0.15) is 83.6 Å². The highest BCUT2D eigenvalue weighted by atomic mass is 16.4. The van der Waals surface area contributed by atoms with Crippen molar-refractivity contribution in [2.75, 3.05) is 39.3 Å². The predicted octanol–water partition coefficient (Wildman–Crippen LogP) is 2.07. The van der Waals surface area contributed by atoms with Gasteiger partial charge in [-0.05, 0) is 75.3 Å². The Morgan fingerprint density at radius 1 is 0.979 bits per heavy atom. The van der Waals surface area contributed by atoms with Gasteiger partial charge in [0.1, 0.15) is 5.54 Å². The van der Waals surface area contributed by atoms with Gasteiger partial charge in [-0.1, -0.05) is 50.6 Å². The number of nitrogens with one attached hydrogen (secondary N) is 1. The number of hydrogen-bond donors (Lipinski definition) is 5. The lowest BCUT2D eigenvalue weighted by molar-refractivity contribution is -0.149. The van der Waals surface area contributed by atoms with Crippen molar-refractivity contribution in [3.63, 3.8) is 0 Å². The number of rotatable bonds is 21. The van der Waals surface area contributed by atoms with Crippen LogP contribution >= 0.6 is 0 Å². The molecule has 1 aliphatic carbocycles. The zero-order chi connectivity index (χ0) is 35.3. The maximum atomic E-state index is 14.0. The molecule has 0 spiro atoms. The highest BCUT2D eigenvalue weighted by molar-refractivity contribution is 5.94. The van der Waals surface area contributed by atoms with Crippen molar-refractivity contribution in [1.29, 1.82) is 0 Å². The zero-order valence-electron chi connectivity index (χ0n) is 28.9. The molecule has 0 aromatic heterocycles. The van der Waals surface area contributed by atoms with E-state index in [1.54, 1.807) is 9.80 Å². The normalized spacial score (nSPS) is 17.8. The number of Topliss-reactive ketones (excluding diaryl/α,β-unsaturated/α-hetero) is 1. The number of hydrogen-bond acceptors (Lipinski definition) is 8. The van der Waals surface area contributed by atoms with E-state index in [1.807, 2.05) is 44.2 Å². The molecule has 2 fully saturated rings. The van der Waals surface area contributed by atoms with Crippen LogP contribution in [0.5, 0.6) is 0 Å². The monoisotopic (exact) mass is 670 g/mol. The molecule has 3 amide bonds. The number of carbonyl (C=O) groups excluding carboxylic acids is 4. The molecule has 12 nitrogen and oxygen atoms in total. The van der Waals surface area contributed by atoms with E-state index in [9.17, 15) is 29.1 Å². The van der Waals surface area contributed by atoms with E-state index in [0.717, 1.165) is 18.4 Å². The molecule has 1 saturated heterocycles. The first-order chi connectivity index (χ1) is 22.9. The number of carbonyl (C=O) groups is 5. The van der Waals surface area contributed by atoms with E-state index >= 15 is 0 Å². The molecule has 0 radical (unpaired) electrons. The van der Waals surface area contributed by atoms with Crippen molar-refractivity contribution < 1.29 is 29.1 Å². The standard InChI is InChI=1S/C36H58N6O6/c1-25(2)20-30(31(43)22-28(10-6-7-15-37)34(46)41-17-13-36(39,14-18-41)35(47)48)40-33(45)29(21-26-8-4-3-5-9-26)23-32(44)42(19-16-38)24-27-11-12-27/h3-5,8-9,25,27-30H,6-7,10-24,37-39H2,1-2H3,(H,40,45)(H,47,48)/t28-,29-,30+/m0/s1. The smallest absolute Gasteiger partial charge is 0.323 e. The van der Waals surface area contributed by atoms with Crippen LogP contribution in [0.25, 0.3) is 0 Å². The van der Waals surface area contributed by atoms with Gasteiger partial charge in [-0.15, -0.1) is 0 Å². The number of nitrogens with two attached hydrogens (primary N) is 3. The summed E-state index contributed by atoms with van der Waals surface area (Å²) in [5.41, 5.74) is 17.1. The molecule has 1 aliphatic heterocycles. The third-order valence-corrected chi connectivity index (χ3v) is 9.65. The topological polar surface area (TPSA) is 202 Å². The van der Waals surface area contributed by atoms with Crippen LogP contribution in [-0.4, -0.2) is 95.2 Å². The van der Waals surface area contributed by atoms with Gasteiger partial charge in [0.25, 0.3) is 0 Å². The average Bonchev–Trinajstić information content (AvgIpc) is 3.88. The summed E-state index contributed by atoms with van der Waals surface area (Å²) in [5, 5.41) is 12.5. The summed E-state index contributed by atoms with van der Waals surface area (Å²) in [4.78, 5) is 70.2. The van der Waals surface area contributed by atoms with E-state index < -0.39 is 29.4 Å². The van der Waals surface area contributed by atoms with Crippen LogP contribution in [0.4, 0.5) is 0 Å². The Labute approximate surface area is 285 Å². The summed E-state index contributed by atoms with van der Waals surface area (Å²) < 4.78 is 0. The maximum Gasteiger partial charge on any atom is 0.323 e. The van der Waals surface area contributed by atoms with Gasteiger partial charge in [0.15, 0.2) is 5.78 Å². The number of aliphatic carboxylic acids is 1. The van der Waals surface area contributed by atoms with Crippen molar-refractivity contribution >= 4 is 29.5 Å². The van der Waals surface area contributed by atoms with Gasteiger partial charge < -0.3 is 37.4 Å². The van der Waals surface area contributed by atoms with Crippen LogP contribution in [0.15, 0.2) is 30.3 Å². The first kappa shape index (κ1) is 39.1. The molecule has 1 heterocycles. The highest BCUT2D eigenvalue weighted by Crippen LogP contribution is 2.30. The van der Waals surface area contributed by atoms with Gasteiger partial charge in [0, 0.05) is 51.5 Å². The van der Waals surface area contributed by atoms with Gasteiger partial charge in [-0.3, -0.25) is 24.0 Å².